The molecule has 3 rings (SSSR count). The van der Waals surface area contributed by atoms with E-state index >= 15 is 0 Å². The highest BCUT2D eigenvalue weighted by Crippen LogP contribution is 2.38. The molecule has 2 aromatic carbocycles. The molecule has 0 spiro atoms. The molecule has 1 aliphatic heterocycles. The summed E-state index contributed by atoms with van der Waals surface area (Å²) in [6.07, 6.45) is 2.08. The van der Waals surface area contributed by atoms with Crippen molar-refractivity contribution in [2.75, 3.05) is 11.9 Å². The molecule has 1 aliphatic rings. The number of rotatable bonds is 2. The highest BCUT2D eigenvalue weighted by Gasteiger charge is 2.30. The first-order valence-electron chi connectivity index (χ1n) is 7.39. The maximum Gasteiger partial charge on any atom is 0.243 e. The Labute approximate surface area is 131 Å². The molecule has 0 unspecified atom stereocenters. The second-order valence-electron chi connectivity index (χ2n) is 5.59. The molecule has 3 heteroatoms. The quantitative estimate of drug-likeness (QED) is 0.755. The molecule has 0 amide bonds. The van der Waals surface area contributed by atoms with E-state index in [1.807, 2.05) is 24.2 Å². The van der Waals surface area contributed by atoms with E-state index in [0.29, 0.717) is 5.82 Å². The van der Waals surface area contributed by atoms with Gasteiger partial charge in [-0.2, -0.15) is 0 Å². The third-order valence-electron chi connectivity index (χ3n) is 4.27. The van der Waals surface area contributed by atoms with Crippen molar-refractivity contribution in [2.24, 2.45) is 0 Å². The minimum Gasteiger partial charge on any atom is -0.363 e. The van der Waals surface area contributed by atoms with Gasteiger partial charge in [0.05, 0.1) is 12.7 Å². The van der Waals surface area contributed by atoms with E-state index in [4.69, 9.17) is 6.57 Å². The maximum atomic E-state index is 7.33. The van der Waals surface area contributed by atoms with E-state index < -0.39 is 0 Å². The fourth-order valence-electron chi connectivity index (χ4n) is 2.91. The van der Waals surface area contributed by atoms with Crippen LogP contribution in [-0.4, -0.2) is 18.1 Å². The molecular weight excluding hydrogens is 270 g/mol. The van der Waals surface area contributed by atoms with Crippen molar-refractivity contribution in [3.8, 4) is 11.1 Å². The number of hydrogen-bond acceptors (Lipinski definition) is 2. The lowest BCUT2D eigenvalue weighted by molar-refractivity contribution is 0.365. The Bertz CT molecular complexity index is 756. The molecule has 3 nitrogen and oxygen atoms in total. The van der Waals surface area contributed by atoms with Gasteiger partial charge in [-0.25, -0.2) is 0 Å². The Morgan fingerprint density at radius 1 is 1.05 bits per heavy atom. The lowest BCUT2D eigenvalue weighted by atomic mass is 9.99. The molecule has 110 valence electrons. The smallest absolute Gasteiger partial charge is 0.243 e. The maximum absolute atomic E-state index is 7.33. The molecule has 22 heavy (non-hydrogen) atoms. The first-order valence-corrected chi connectivity index (χ1v) is 7.39. The van der Waals surface area contributed by atoms with Crippen LogP contribution in [0.3, 0.4) is 0 Å². The molecule has 0 aliphatic carbocycles. The van der Waals surface area contributed by atoms with Crippen LogP contribution in [0.4, 0.5) is 5.69 Å². The summed E-state index contributed by atoms with van der Waals surface area (Å²) >= 11 is 0. The zero-order valence-electron chi connectivity index (χ0n) is 13.1. The number of hydrogen-bond donors (Lipinski definition) is 0. The third kappa shape index (κ3) is 2.23. The first-order chi connectivity index (χ1) is 10.6. The Balaban J connectivity index is 2.16. The van der Waals surface area contributed by atoms with Crippen LogP contribution < -0.4 is 4.90 Å². The Kier molecular flexibility index (Phi) is 3.60. The van der Waals surface area contributed by atoms with Crippen molar-refractivity contribution in [1.82, 2.24) is 4.90 Å². The minimum absolute atomic E-state index is 0.132. The highest BCUT2D eigenvalue weighted by atomic mass is 15.4. The van der Waals surface area contributed by atoms with Crippen LogP contribution in [0.5, 0.6) is 0 Å². The second-order valence-corrected chi connectivity index (χ2v) is 5.59. The average molecular weight is 289 g/mol. The number of benzene rings is 2. The minimum atomic E-state index is 0.132. The van der Waals surface area contributed by atoms with Crippen LogP contribution in [0.2, 0.25) is 0 Å². The van der Waals surface area contributed by atoms with Gasteiger partial charge in [0.1, 0.15) is 0 Å². The Hall–Kier alpha value is -2.73. The van der Waals surface area contributed by atoms with Crippen molar-refractivity contribution in [3.63, 3.8) is 0 Å². The number of nitrogens with zero attached hydrogens (tertiary/aromatic N) is 3. The summed E-state index contributed by atoms with van der Waals surface area (Å²) < 4.78 is 0. The summed E-state index contributed by atoms with van der Waals surface area (Å²) in [5.74, 6) is 0.676. The summed E-state index contributed by atoms with van der Waals surface area (Å²) in [6, 6.07) is 16.8. The summed E-state index contributed by atoms with van der Waals surface area (Å²) in [6.45, 7) is 11.6. The van der Waals surface area contributed by atoms with Gasteiger partial charge in [0, 0.05) is 11.8 Å². The summed E-state index contributed by atoms with van der Waals surface area (Å²) in [5.41, 5.74) is 4.78. The highest BCUT2D eigenvalue weighted by molar-refractivity contribution is 5.82. The molecule has 0 fully saturated rings. The van der Waals surface area contributed by atoms with E-state index in [1.54, 1.807) is 0 Å². The zero-order chi connectivity index (χ0) is 15.7. The fraction of sp³-hybridized carbons (Fsp3) is 0.211. The van der Waals surface area contributed by atoms with Crippen LogP contribution in [0.15, 0.2) is 60.6 Å². The van der Waals surface area contributed by atoms with Crippen LogP contribution in [-0.2, 0) is 0 Å². The topological polar surface area (TPSA) is 10.8 Å². The molecule has 0 N–H and O–H groups in total. The van der Waals surface area contributed by atoms with Crippen LogP contribution >= 0.6 is 0 Å². The zero-order valence-corrected chi connectivity index (χ0v) is 13.1. The van der Waals surface area contributed by atoms with Gasteiger partial charge in [-0.15, -0.1) is 0 Å². The van der Waals surface area contributed by atoms with Crippen LogP contribution in [0.25, 0.3) is 16.0 Å². The number of anilines is 1. The van der Waals surface area contributed by atoms with Crippen LogP contribution in [0.1, 0.15) is 12.5 Å². The lowest BCUT2D eigenvalue weighted by Gasteiger charge is -2.28. The molecule has 0 aromatic heterocycles. The Morgan fingerprint density at radius 2 is 1.77 bits per heavy atom. The van der Waals surface area contributed by atoms with Gasteiger partial charge < -0.3 is 14.6 Å². The monoisotopic (exact) mass is 289 g/mol. The Morgan fingerprint density at radius 3 is 2.41 bits per heavy atom. The molecule has 0 bridgehead atoms. The predicted octanol–water partition coefficient (Wildman–Crippen LogP) is 4.48. The van der Waals surface area contributed by atoms with Gasteiger partial charge in [0.15, 0.2) is 6.17 Å². The summed E-state index contributed by atoms with van der Waals surface area (Å²) in [7, 11) is 1.97. The van der Waals surface area contributed by atoms with Gasteiger partial charge in [0.2, 0.25) is 5.82 Å². The van der Waals surface area contributed by atoms with Gasteiger partial charge in [0.25, 0.3) is 0 Å². The normalized spacial score (nSPS) is 17.4. The van der Waals surface area contributed by atoms with E-state index in [2.05, 4.69) is 66.1 Å². The second kappa shape index (κ2) is 5.57. The molecule has 2 aromatic rings. The molecule has 0 saturated heterocycles. The third-order valence-corrected chi connectivity index (χ3v) is 4.27. The van der Waals surface area contributed by atoms with Crippen LogP contribution in [0, 0.1) is 13.5 Å². The van der Waals surface area contributed by atoms with E-state index in [1.165, 1.54) is 22.4 Å². The van der Waals surface area contributed by atoms with Crippen molar-refractivity contribution in [2.45, 2.75) is 20.0 Å². The largest absolute Gasteiger partial charge is 0.363 e. The first kappa shape index (κ1) is 14.2. The van der Waals surface area contributed by atoms with Gasteiger partial charge in [-0.05, 0) is 25.0 Å². The summed E-state index contributed by atoms with van der Waals surface area (Å²) in [4.78, 5) is 7.83. The van der Waals surface area contributed by atoms with E-state index in [0.717, 1.165) is 0 Å². The van der Waals surface area contributed by atoms with Crippen molar-refractivity contribution < 1.29 is 0 Å². The molecular formula is C19H19N3. The van der Waals surface area contributed by atoms with Gasteiger partial charge >= 0.3 is 0 Å². The van der Waals surface area contributed by atoms with Crippen molar-refractivity contribution in [1.29, 1.82) is 0 Å². The van der Waals surface area contributed by atoms with E-state index in [-0.39, 0.29) is 6.17 Å². The molecule has 1 atom stereocenters. The standard InChI is InChI=1S/C19H19N3/c1-14-9-8-12-17(16-10-6-5-7-11-16)19(14)22-13-18(20-3)21(4)15(22)2/h5-13,15H,1-2,4H3/t15-/m0/s1. The number of aryl methyl sites for hydroxylation is 1. The summed E-state index contributed by atoms with van der Waals surface area (Å²) in [5, 5.41) is 0. The van der Waals surface area contributed by atoms with Gasteiger partial charge in [-0.3, -0.25) is 0 Å². The average Bonchev–Trinajstić information content (AvgIpc) is 2.83. The number of para-hydroxylation sites is 1. The van der Waals surface area contributed by atoms with Crippen molar-refractivity contribution in [3.05, 3.63) is 77.5 Å². The van der Waals surface area contributed by atoms with E-state index in [9.17, 15) is 0 Å². The molecule has 1 heterocycles. The fourth-order valence-corrected chi connectivity index (χ4v) is 2.91. The molecule has 0 radical (unpaired) electrons. The lowest BCUT2D eigenvalue weighted by Crippen LogP contribution is -2.34. The molecule has 0 saturated carbocycles. The van der Waals surface area contributed by atoms with Gasteiger partial charge in [-0.1, -0.05) is 55.1 Å². The van der Waals surface area contributed by atoms with Crippen molar-refractivity contribution >= 4 is 5.69 Å². The predicted molar refractivity (Wildman–Crippen MR) is 91.0 cm³/mol. The SMILES string of the molecule is [C-]#[N+]C1=CN(c2c(C)cccc2-c2ccccc2)[C@@H](C)N1C.